The fraction of sp³-hybridized carbons (Fsp3) is 0.917. The zero-order valence-electron chi connectivity index (χ0n) is 11.5. The van der Waals surface area contributed by atoms with Gasteiger partial charge in [0, 0.05) is 4.75 Å². The Hall–Kier alpha value is -0.620. The van der Waals surface area contributed by atoms with Crippen LogP contribution < -0.4 is 5.32 Å². The molecule has 1 aliphatic rings. The van der Waals surface area contributed by atoms with E-state index in [-0.39, 0.29) is 6.04 Å². The normalized spacial score (nSPS) is 25.5. The van der Waals surface area contributed by atoms with Crippen LogP contribution in [0.5, 0.6) is 0 Å². The zero-order valence-corrected chi connectivity index (χ0v) is 12.3. The summed E-state index contributed by atoms with van der Waals surface area (Å²) in [5, 5.41) is 15.6. The van der Waals surface area contributed by atoms with Crippen molar-refractivity contribution in [1.29, 1.82) is 0 Å². The Balaban J connectivity index is 2.02. The number of nitrogens with one attached hydrogen (secondary N) is 1. The average molecular weight is 269 g/mol. The van der Waals surface area contributed by atoms with E-state index in [4.69, 9.17) is 0 Å². The third-order valence-electron chi connectivity index (χ3n) is 3.43. The molecular weight excluding hydrogens is 246 g/mol. The van der Waals surface area contributed by atoms with Crippen LogP contribution in [0.1, 0.15) is 51.9 Å². The highest BCUT2D eigenvalue weighted by Gasteiger charge is 2.31. The van der Waals surface area contributed by atoms with Gasteiger partial charge in [-0.3, -0.25) is 0 Å². The van der Waals surface area contributed by atoms with Crippen LogP contribution in [0.25, 0.3) is 0 Å². The lowest BCUT2D eigenvalue weighted by molar-refractivity contribution is 0.429. The lowest BCUT2D eigenvalue weighted by Crippen LogP contribution is -2.29. The van der Waals surface area contributed by atoms with Gasteiger partial charge in [-0.1, -0.05) is 6.92 Å². The summed E-state index contributed by atoms with van der Waals surface area (Å²) >= 11 is 2.04. The summed E-state index contributed by atoms with van der Waals surface area (Å²) in [6.07, 6.45) is 3.69. The highest BCUT2D eigenvalue weighted by atomic mass is 32.2. The van der Waals surface area contributed by atoms with Crippen molar-refractivity contribution >= 4 is 11.8 Å². The first kappa shape index (κ1) is 13.8. The maximum absolute atomic E-state index is 4.17. The fourth-order valence-corrected chi connectivity index (χ4v) is 3.65. The molecule has 0 radical (unpaired) electrons. The third-order valence-corrected chi connectivity index (χ3v) is 4.96. The van der Waals surface area contributed by atoms with Gasteiger partial charge in [0.1, 0.15) is 0 Å². The van der Waals surface area contributed by atoms with Gasteiger partial charge in [-0.25, -0.2) is 4.68 Å². The molecule has 1 saturated heterocycles. The van der Waals surface area contributed by atoms with Crippen LogP contribution >= 0.6 is 11.8 Å². The second-order valence-corrected chi connectivity index (χ2v) is 6.95. The van der Waals surface area contributed by atoms with Gasteiger partial charge in [0.15, 0.2) is 5.82 Å². The van der Waals surface area contributed by atoms with E-state index in [9.17, 15) is 0 Å². The van der Waals surface area contributed by atoms with Crippen LogP contribution in [-0.2, 0) is 6.54 Å². The molecule has 0 saturated carbocycles. The maximum atomic E-state index is 4.17. The van der Waals surface area contributed by atoms with Crippen molar-refractivity contribution in [2.24, 2.45) is 0 Å². The summed E-state index contributed by atoms with van der Waals surface area (Å²) in [5.41, 5.74) is 0. The van der Waals surface area contributed by atoms with Gasteiger partial charge < -0.3 is 5.32 Å². The minimum Gasteiger partial charge on any atom is -0.307 e. The molecule has 1 aromatic rings. The summed E-state index contributed by atoms with van der Waals surface area (Å²) < 4.78 is 2.28. The molecule has 0 aromatic carbocycles. The molecule has 2 heterocycles. The number of tetrazole rings is 1. The van der Waals surface area contributed by atoms with Crippen LogP contribution in [-0.4, -0.2) is 37.3 Å². The van der Waals surface area contributed by atoms with Crippen molar-refractivity contribution in [1.82, 2.24) is 25.5 Å². The van der Waals surface area contributed by atoms with Crippen LogP contribution in [0.4, 0.5) is 0 Å². The minimum absolute atomic E-state index is 0.218. The molecule has 6 heteroatoms. The largest absolute Gasteiger partial charge is 0.307 e. The number of hydrogen-bond acceptors (Lipinski definition) is 5. The Morgan fingerprint density at radius 2 is 2.39 bits per heavy atom. The van der Waals surface area contributed by atoms with Crippen LogP contribution in [0.3, 0.4) is 0 Å². The first-order valence-corrected chi connectivity index (χ1v) is 7.76. The quantitative estimate of drug-likeness (QED) is 0.856. The Morgan fingerprint density at radius 1 is 1.56 bits per heavy atom. The van der Waals surface area contributed by atoms with E-state index in [1.54, 1.807) is 0 Å². The van der Waals surface area contributed by atoms with Crippen molar-refractivity contribution in [2.45, 2.75) is 57.4 Å². The van der Waals surface area contributed by atoms with E-state index in [1.807, 2.05) is 16.4 Å². The molecule has 1 aliphatic heterocycles. The highest BCUT2D eigenvalue weighted by Crippen LogP contribution is 2.39. The average Bonchev–Trinajstić information content (AvgIpc) is 2.96. The summed E-state index contributed by atoms with van der Waals surface area (Å²) in [6, 6.07) is 0.218. The van der Waals surface area contributed by atoms with Crippen LogP contribution in [0, 0.1) is 0 Å². The zero-order chi connectivity index (χ0) is 13.0. The fourth-order valence-electron chi connectivity index (χ4n) is 2.36. The van der Waals surface area contributed by atoms with E-state index in [0.29, 0.717) is 4.75 Å². The van der Waals surface area contributed by atoms with Crippen LogP contribution in [0.15, 0.2) is 0 Å². The van der Waals surface area contributed by atoms with E-state index < -0.39 is 0 Å². The molecule has 0 bridgehead atoms. The van der Waals surface area contributed by atoms with E-state index in [1.165, 1.54) is 18.6 Å². The van der Waals surface area contributed by atoms with Crippen molar-refractivity contribution < 1.29 is 0 Å². The Kier molecular flexibility index (Phi) is 4.61. The Morgan fingerprint density at radius 3 is 3.06 bits per heavy atom. The second kappa shape index (κ2) is 6.02. The smallest absolute Gasteiger partial charge is 0.167 e. The topological polar surface area (TPSA) is 55.6 Å². The molecule has 0 aliphatic carbocycles. The monoisotopic (exact) mass is 269 g/mol. The highest BCUT2D eigenvalue weighted by molar-refractivity contribution is 8.00. The van der Waals surface area contributed by atoms with Gasteiger partial charge in [0.25, 0.3) is 0 Å². The van der Waals surface area contributed by atoms with Crippen LogP contribution in [0.2, 0.25) is 0 Å². The second-order valence-electron chi connectivity index (χ2n) is 5.27. The van der Waals surface area contributed by atoms with Gasteiger partial charge in [-0.2, -0.15) is 11.8 Å². The third kappa shape index (κ3) is 3.23. The SMILES string of the molecule is CCCNC(C)c1nnnn1CC1(C)CCCS1. The molecule has 5 nitrogen and oxygen atoms in total. The summed E-state index contributed by atoms with van der Waals surface area (Å²) in [4.78, 5) is 0. The molecule has 0 amide bonds. The van der Waals surface area contributed by atoms with Crippen molar-refractivity contribution in [3.05, 3.63) is 5.82 Å². The molecular formula is C12H23N5S. The van der Waals surface area contributed by atoms with Crippen molar-refractivity contribution in [3.63, 3.8) is 0 Å². The first-order valence-electron chi connectivity index (χ1n) is 6.78. The standard InChI is InChI=1S/C12H23N5S/c1-4-7-13-10(2)11-14-15-16-17(11)9-12(3)6-5-8-18-12/h10,13H,4-9H2,1-3H3. The lowest BCUT2D eigenvalue weighted by atomic mass is 10.1. The van der Waals surface area contributed by atoms with Gasteiger partial charge >= 0.3 is 0 Å². The molecule has 1 aromatic heterocycles. The molecule has 2 rings (SSSR count). The molecule has 102 valence electrons. The Labute approximate surface area is 113 Å². The first-order chi connectivity index (χ1) is 8.64. The maximum Gasteiger partial charge on any atom is 0.167 e. The van der Waals surface area contributed by atoms with E-state index in [2.05, 4.69) is 41.6 Å². The molecule has 2 unspecified atom stereocenters. The van der Waals surface area contributed by atoms with Gasteiger partial charge in [0.05, 0.1) is 12.6 Å². The molecule has 1 N–H and O–H groups in total. The number of thioether (sulfide) groups is 1. The summed E-state index contributed by atoms with van der Waals surface area (Å²) in [6.45, 7) is 8.53. The minimum atomic E-state index is 0.218. The predicted octanol–water partition coefficient (Wildman–Crippen LogP) is 2.02. The number of nitrogens with zero attached hydrogens (tertiary/aromatic N) is 4. The molecule has 1 fully saturated rings. The molecule has 2 atom stereocenters. The molecule has 18 heavy (non-hydrogen) atoms. The van der Waals surface area contributed by atoms with E-state index in [0.717, 1.165) is 25.3 Å². The summed E-state index contributed by atoms with van der Waals surface area (Å²) in [7, 11) is 0. The lowest BCUT2D eigenvalue weighted by Gasteiger charge is -2.23. The van der Waals surface area contributed by atoms with Gasteiger partial charge in [0.2, 0.25) is 0 Å². The van der Waals surface area contributed by atoms with E-state index >= 15 is 0 Å². The number of hydrogen-bond donors (Lipinski definition) is 1. The number of aromatic nitrogens is 4. The van der Waals surface area contributed by atoms with Crippen molar-refractivity contribution in [2.75, 3.05) is 12.3 Å². The van der Waals surface area contributed by atoms with Gasteiger partial charge in [-0.15, -0.1) is 5.10 Å². The van der Waals surface area contributed by atoms with Gasteiger partial charge in [-0.05, 0) is 55.8 Å². The molecule has 0 spiro atoms. The summed E-state index contributed by atoms with van der Waals surface area (Å²) in [5.74, 6) is 2.22. The number of rotatable bonds is 6. The Bertz CT molecular complexity index is 372. The predicted molar refractivity (Wildman–Crippen MR) is 74.6 cm³/mol. The van der Waals surface area contributed by atoms with Crippen molar-refractivity contribution in [3.8, 4) is 0 Å².